The zero-order chi connectivity index (χ0) is 17.1. The van der Waals surface area contributed by atoms with Gasteiger partial charge in [-0.3, -0.25) is 9.59 Å². The summed E-state index contributed by atoms with van der Waals surface area (Å²) >= 11 is 1.65. The van der Waals surface area contributed by atoms with Crippen molar-refractivity contribution in [2.45, 2.75) is 58.8 Å². The topological polar surface area (TPSA) is 74.8 Å². The SMILES string of the molecule is CC(C)CCNC(=O)CCc1nc2sc3c(c2c(=O)[nH]1)CCCC3. The van der Waals surface area contributed by atoms with Crippen LogP contribution >= 0.6 is 11.3 Å². The van der Waals surface area contributed by atoms with Gasteiger partial charge in [0, 0.05) is 24.3 Å². The number of carbonyl (C=O) groups excluding carboxylic acids is 1. The summed E-state index contributed by atoms with van der Waals surface area (Å²) in [4.78, 5) is 33.9. The Bertz CT molecular complexity index is 791. The number of aryl methyl sites for hydroxylation is 3. The molecule has 130 valence electrons. The molecule has 0 saturated heterocycles. The first kappa shape index (κ1) is 17.1. The van der Waals surface area contributed by atoms with Crippen molar-refractivity contribution in [3.63, 3.8) is 0 Å². The van der Waals surface area contributed by atoms with Crippen LogP contribution in [0, 0.1) is 5.92 Å². The maximum atomic E-state index is 12.4. The second-order valence-corrected chi connectivity index (χ2v) is 8.02. The average molecular weight is 347 g/mol. The molecule has 0 unspecified atom stereocenters. The predicted molar refractivity (Wildman–Crippen MR) is 97.7 cm³/mol. The molecule has 3 rings (SSSR count). The maximum Gasteiger partial charge on any atom is 0.259 e. The van der Waals surface area contributed by atoms with Gasteiger partial charge in [-0.15, -0.1) is 11.3 Å². The first-order chi connectivity index (χ1) is 11.5. The molecule has 0 spiro atoms. The van der Waals surface area contributed by atoms with Gasteiger partial charge in [0.05, 0.1) is 5.39 Å². The summed E-state index contributed by atoms with van der Waals surface area (Å²) in [6.45, 7) is 4.98. The van der Waals surface area contributed by atoms with E-state index in [2.05, 4.69) is 29.1 Å². The molecule has 1 amide bonds. The van der Waals surface area contributed by atoms with Crippen LogP contribution in [-0.2, 0) is 24.1 Å². The third-order valence-corrected chi connectivity index (χ3v) is 5.69. The molecular formula is C18H25N3O2S. The van der Waals surface area contributed by atoms with Crippen molar-refractivity contribution in [1.82, 2.24) is 15.3 Å². The molecule has 2 heterocycles. The molecule has 5 nitrogen and oxygen atoms in total. The minimum absolute atomic E-state index is 0.0175. The molecule has 1 aliphatic rings. The summed E-state index contributed by atoms with van der Waals surface area (Å²) in [5.41, 5.74) is 1.16. The van der Waals surface area contributed by atoms with E-state index in [1.807, 2.05) is 0 Å². The Balaban J connectivity index is 1.68. The Morgan fingerprint density at radius 3 is 2.92 bits per heavy atom. The smallest absolute Gasteiger partial charge is 0.259 e. The van der Waals surface area contributed by atoms with E-state index in [0.29, 0.717) is 31.1 Å². The molecule has 1 aliphatic carbocycles. The van der Waals surface area contributed by atoms with Crippen LogP contribution in [0.25, 0.3) is 10.2 Å². The van der Waals surface area contributed by atoms with Gasteiger partial charge in [-0.05, 0) is 43.6 Å². The van der Waals surface area contributed by atoms with E-state index in [9.17, 15) is 9.59 Å². The van der Waals surface area contributed by atoms with E-state index >= 15 is 0 Å². The van der Waals surface area contributed by atoms with Gasteiger partial charge in [0.1, 0.15) is 10.7 Å². The molecule has 0 saturated carbocycles. The lowest BCUT2D eigenvalue weighted by molar-refractivity contribution is -0.121. The molecule has 0 fully saturated rings. The van der Waals surface area contributed by atoms with E-state index in [1.165, 1.54) is 16.9 Å². The van der Waals surface area contributed by atoms with Gasteiger partial charge in [0.2, 0.25) is 5.91 Å². The van der Waals surface area contributed by atoms with E-state index in [4.69, 9.17) is 0 Å². The Kier molecular flexibility index (Phi) is 5.33. The standard InChI is InChI=1S/C18H25N3O2S/c1-11(2)9-10-19-15(22)8-7-14-20-17(23)16-12-5-3-4-6-13(12)24-18(16)21-14/h11H,3-10H2,1-2H3,(H,19,22)(H,20,21,23). The third kappa shape index (κ3) is 3.86. The molecule has 6 heteroatoms. The number of thiophene rings is 1. The van der Waals surface area contributed by atoms with Crippen LogP contribution in [0.1, 0.15) is 55.8 Å². The number of rotatable bonds is 6. The van der Waals surface area contributed by atoms with Crippen molar-refractivity contribution in [2.24, 2.45) is 5.92 Å². The second-order valence-electron chi connectivity index (χ2n) is 6.94. The zero-order valence-corrected chi connectivity index (χ0v) is 15.2. The highest BCUT2D eigenvalue weighted by molar-refractivity contribution is 7.18. The fourth-order valence-corrected chi connectivity index (χ4v) is 4.43. The van der Waals surface area contributed by atoms with Crippen molar-refractivity contribution in [3.05, 3.63) is 26.6 Å². The van der Waals surface area contributed by atoms with Crippen LogP contribution in [0.2, 0.25) is 0 Å². The second kappa shape index (κ2) is 7.47. The number of nitrogens with one attached hydrogen (secondary N) is 2. The van der Waals surface area contributed by atoms with Crippen LogP contribution in [0.3, 0.4) is 0 Å². The van der Waals surface area contributed by atoms with Crippen molar-refractivity contribution in [1.29, 1.82) is 0 Å². The highest BCUT2D eigenvalue weighted by Gasteiger charge is 2.19. The van der Waals surface area contributed by atoms with Gasteiger partial charge < -0.3 is 10.3 Å². The van der Waals surface area contributed by atoms with Crippen LogP contribution in [0.15, 0.2) is 4.79 Å². The van der Waals surface area contributed by atoms with E-state index in [1.54, 1.807) is 11.3 Å². The Morgan fingerprint density at radius 1 is 1.33 bits per heavy atom. The summed E-state index contributed by atoms with van der Waals surface area (Å²) < 4.78 is 0. The summed E-state index contributed by atoms with van der Waals surface area (Å²) in [7, 11) is 0. The number of fused-ring (bicyclic) bond motifs is 3. The minimum Gasteiger partial charge on any atom is -0.356 e. The summed E-state index contributed by atoms with van der Waals surface area (Å²) in [5, 5.41) is 3.70. The molecule has 2 aromatic heterocycles. The monoisotopic (exact) mass is 347 g/mol. The zero-order valence-electron chi connectivity index (χ0n) is 14.4. The highest BCUT2D eigenvalue weighted by atomic mass is 32.1. The van der Waals surface area contributed by atoms with Gasteiger partial charge in [0.25, 0.3) is 5.56 Å². The molecule has 0 atom stereocenters. The largest absolute Gasteiger partial charge is 0.356 e. The van der Waals surface area contributed by atoms with Crippen molar-refractivity contribution in [3.8, 4) is 0 Å². The molecule has 0 radical (unpaired) electrons. The fraction of sp³-hybridized carbons (Fsp3) is 0.611. The number of carbonyl (C=O) groups is 1. The van der Waals surface area contributed by atoms with Crippen LogP contribution in [-0.4, -0.2) is 22.4 Å². The number of H-pyrrole nitrogens is 1. The van der Waals surface area contributed by atoms with E-state index < -0.39 is 0 Å². The first-order valence-corrected chi connectivity index (χ1v) is 9.66. The van der Waals surface area contributed by atoms with Crippen LogP contribution in [0.4, 0.5) is 0 Å². The Hall–Kier alpha value is -1.69. The van der Waals surface area contributed by atoms with Gasteiger partial charge >= 0.3 is 0 Å². The lowest BCUT2D eigenvalue weighted by Gasteiger charge is -2.09. The third-order valence-electron chi connectivity index (χ3n) is 4.51. The quantitative estimate of drug-likeness (QED) is 0.843. The van der Waals surface area contributed by atoms with Gasteiger partial charge in [-0.1, -0.05) is 13.8 Å². The molecule has 0 aromatic carbocycles. The number of hydrogen-bond acceptors (Lipinski definition) is 4. The number of nitrogens with zero attached hydrogens (tertiary/aromatic N) is 1. The van der Waals surface area contributed by atoms with Gasteiger partial charge in [-0.2, -0.15) is 0 Å². The Morgan fingerprint density at radius 2 is 2.12 bits per heavy atom. The summed E-state index contributed by atoms with van der Waals surface area (Å²) in [6, 6.07) is 0. The van der Waals surface area contributed by atoms with Crippen molar-refractivity contribution >= 4 is 27.5 Å². The van der Waals surface area contributed by atoms with E-state index in [0.717, 1.165) is 35.9 Å². The van der Waals surface area contributed by atoms with Gasteiger partial charge in [-0.25, -0.2) is 4.98 Å². The maximum absolute atomic E-state index is 12.4. The minimum atomic E-state index is -0.0467. The molecule has 0 aliphatic heterocycles. The molecular weight excluding hydrogens is 322 g/mol. The number of amides is 1. The lowest BCUT2D eigenvalue weighted by Crippen LogP contribution is -2.26. The summed E-state index contributed by atoms with van der Waals surface area (Å²) in [5.74, 6) is 1.21. The lowest BCUT2D eigenvalue weighted by atomic mass is 9.97. The number of aromatic nitrogens is 2. The van der Waals surface area contributed by atoms with Gasteiger partial charge in [0.15, 0.2) is 0 Å². The number of aromatic amines is 1. The first-order valence-electron chi connectivity index (χ1n) is 8.84. The molecule has 0 bridgehead atoms. The van der Waals surface area contributed by atoms with Crippen LogP contribution < -0.4 is 10.9 Å². The average Bonchev–Trinajstić information content (AvgIpc) is 2.91. The highest BCUT2D eigenvalue weighted by Crippen LogP contribution is 2.33. The number of hydrogen-bond donors (Lipinski definition) is 2. The molecule has 24 heavy (non-hydrogen) atoms. The van der Waals surface area contributed by atoms with Crippen LogP contribution in [0.5, 0.6) is 0 Å². The molecule has 2 N–H and O–H groups in total. The van der Waals surface area contributed by atoms with E-state index in [-0.39, 0.29) is 11.5 Å². The normalized spacial score (nSPS) is 14.1. The van der Waals surface area contributed by atoms with Crippen molar-refractivity contribution < 1.29 is 4.79 Å². The van der Waals surface area contributed by atoms with Crippen molar-refractivity contribution in [2.75, 3.05) is 6.54 Å². The predicted octanol–water partition coefficient (Wildman–Crippen LogP) is 2.96. The fourth-order valence-electron chi connectivity index (χ4n) is 3.15. The molecule has 2 aromatic rings. The Labute approximate surface area is 145 Å². The summed E-state index contributed by atoms with van der Waals surface area (Å²) in [6.07, 6.45) is 6.20.